The average Bonchev–Trinajstić information content (AvgIpc) is 1.65. The Morgan fingerprint density at radius 3 is 1.57 bits per heavy atom. The van der Waals surface area contributed by atoms with Crippen molar-refractivity contribution in [3.05, 3.63) is 14.1 Å². The number of rotatable bonds is 0. The molecule has 39 valence electrons. The van der Waals surface area contributed by atoms with Gasteiger partial charge in [-0.25, -0.2) is 0 Å². The van der Waals surface area contributed by atoms with E-state index in [2.05, 4.69) is 36.9 Å². The van der Waals surface area contributed by atoms with Crippen LogP contribution >= 0.6 is 12.2 Å². The quantitative estimate of drug-likeness (QED) is 0.417. The van der Waals surface area contributed by atoms with Crippen LogP contribution in [0.3, 0.4) is 0 Å². The Balaban J connectivity index is 0. The van der Waals surface area contributed by atoms with Crippen molar-refractivity contribution in [2.24, 2.45) is 0 Å². The third-order valence-corrected chi connectivity index (χ3v) is 0.610. The van der Waals surface area contributed by atoms with Crippen molar-refractivity contribution in [1.82, 2.24) is 10.6 Å². The van der Waals surface area contributed by atoms with Crippen LogP contribution in [0.4, 0.5) is 0 Å². The number of hydrogen-bond donors (Lipinski definition) is 2. The summed E-state index contributed by atoms with van der Waals surface area (Å²) in [5.41, 5.74) is 0. The maximum atomic E-state index is 4.51. The molecule has 2 N–H and O–H groups in total. The number of hydrogen-bond acceptors (Lipinski definition) is 1. The molecule has 1 radical (unpaired) electrons. The van der Waals surface area contributed by atoms with Crippen LogP contribution < -0.4 is 10.6 Å². The van der Waals surface area contributed by atoms with Crippen LogP contribution in [0.15, 0.2) is 0 Å². The third kappa shape index (κ3) is 6.79. The second kappa shape index (κ2) is 6.79. The van der Waals surface area contributed by atoms with Crippen molar-refractivity contribution in [3.8, 4) is 0 Å². The molecular formula is C3H6N2SY-2. The van der Waals surface area contributed by atoms with Crippen molar-refractivity contribution >= 4 is 17.3 Å². The molecular weight excluding hydrogens is 185 g/mol. The van der Waals surface area contributed by atoms with E-state index in [0.717, 1.165) is 0 Å². The zero-order valence-corrected chi connectivity index (χ0v) is 7.55. The second-order valence-corrected chi connectivity index (χ2v) is 1.09. The predicted octanol–water partition coefficient (Wildman–Crippen LogP) is 0.0312. The molecule has 0 aromatic heterocycles. The van der Waals surface area contributed by atoms with Crippen molar-refractivity contribution in [2.45, 2.75) is 0 Å². The molecule has 2 nitrogen and oxygen atoms in total. The first-order valence-corrected chi connectivity index (χ1v) is 1.82. The standard InChI is InChI=1S/C3H6N2S.Y/c1-4-3(6)5-2;/h1-2H2,(H2,4,5,6);/q-2;. The van der Waals surface area contributed by atoms with Gasteiger partial charge in [-0.3, -0.25) is 14.1 Å². The minimum atomic E-state index is 0. The van der Waals surface area contributed by atoms with Gasteiger partial charge in [-0.1, -0.05) is 0 Å². The van der Waals surface area contributed by atoms with E-state index in [1.807, 2.05) is 0 Å². The van der Waals surface area contributed by atoms with Crippen LogP contribution in [0.25, 0.3) is 0 Å². The largest absolute Gasteiger partial charge is 0.517 e. The Bertz CT molecular complexity index is 50.9. The summed E-state index contributed by atoms with van der Waals surface area (Å²) in [5.74, 6) is 0. The van der Waals surface area contributed by atoms with Crippen LogP contribution in [-0.2, 0) is 32.7 Å². The van der Waals surface area contributed by atoms with Gasteiger partial charge in [-0.05, 0) is 12.2 Å². The van der Waals surface area contributed by atoms with E-state index in [1.54, 1.807) is 0 Å². The van der Waals surface area contributed by atoms with Gasteiger partial charge in [-0.2, -0.15) is 0 Å². The maximum Gasteiger partial charge on any atom is 0.106 e. The van der Waals surface area contributed by atoms with Gasteiger partial charge in [0.1, 0.15) is 5.11 Å². The van der Waals surface area contributed by atoms with Crippen LogP contribution in [0.5, 0.6) is 0 Å². The Morgan fingerprint density at radius 2 is 1.57 bits per heavy atom. The first kappa shape index (κ1) is 10.7. The van der Waals surface area contributed by atoms with Crippen LogP contribution in [0, 0.1) is 14.1 Å². The molecule has 0 spiro atoms. The van der Waals surface area contributed by atoms with Crippen LogP contribution in [0.1, 0.15) is 0 Å². The first-order valence-electron chi connectivity index (χ1n) is 1.41. The van der Waals surface area contributed by atoms with Gasteiger partial charge in [0.05, 0.1) is 0 Å². The molecule has 0 aliphatic rings. The Hall–Kier alpha value is 0.794. The van der Waals surface area contributed by atoms with Crippen LogP contribution in [0.2, 0.25) is 0 Å². The monoisotopic (exact) mass is 191 g/mol. The van der Waals surface area contributed by atoms with Crippen molar-refractivity contribution < 1.29 is 32.7 Å². The Morgan fingerprint density at radius 1 is 1.29 bits per heavy atom. The van der Waals surface area contributed by atoms with E-state index in [1.165, 1.54) is 0 Å². The molecule has 0 fully saturated rings. The predicted molar refractivity (Wildman–Crippen MR) is 29.6 cm³/mol. The summed E-state index contributed by atoms with van der Waals surface area (Å²) in [6.45, 7) is 0. The Labute approximate surface area is 74.3 Å². The van der Waals surface area contributed by atoms with Gasteiger partial charge in [-0.15, -0.1) is 0 Å². The van der Waals surface area contributed by atoms with Crippen LogP contribution in [-0.4, -0.2) is 5.11 Å². The fraction of sp³-hybridized carbons (Fsp3) is 0. The van der Waals surface area contributed by atoms with Gasteiger partial charge in [0, 0.05) is 32.7 Å². The average molecular weight is 191 g/mol. The van der Waals surface area contributed by atoms with Gasteiger partial charge >= 0.3 is 0 Å². The SMILES string of the molecule is [CH2-]NC(=S)N[CH2-].[Y]. The summed E-state index contributed by atoms with van der Waals surface area (Å²) in [6, 6.07) is 0. The van der Waals surface area contributed by atoms with E-state index in [0.29, 0.717) is 5.11 Å². The van der Waals surface area contributed by atoms with E-state index >= 15 is 0 Å². The van der Waals surface area contributed by atoms with Gasteiger partial charge < -0.3 is 10.6 Å². The molecule has 0 atom stereocenters. The van der Waals surface area contributed by atoms with E-state index < -0.39 is 0 Å². The number of thiocarbonyl (C=S) groups is 1. The summed E-state index contributed by atoms with van der Waals surface area (Å²) in [4.78, 5) is 0. The summed E-state index contributed by atoms with van der Waals surface area (Å²) in [7, 11) is 6.53. The van der Waals surface area contributed by atoms with E-state index in [9.17, 15) is 0 Å². The van der Waals surface area contributed by atoms with Gasteiger partial charge in [0.2, 0.25) is 0 Å². The molecule has 0 aliphatic heterocycles. The Kier molecular flexibility index (Phi) is 10.4. The van der Waals surface area contributed by atoms with Gasteiger partial charge in [0.15, 0.2) is 0 Å². The molecule has 0 aromatic rings. The van der Waals surface area contributed by atoms with Crippen molar-refractivity contribution in [1.29, 1.82) is 0 Å². The van der Waals surface area contributed by atoms with E-state index in [-0.39, 0.29) is 32.7 Å². The summed E-state index contributed by atoms with van der Waals surface area (Å²) >= 11 is 4.51. The molecule has 7 heavy (non-hydrogen) atoms. The summed E-state index contributed by atoms with van der Waals surface area (Å²) in [6.07, 6.45) is 0. The molecule has 0 unspecified atom stereocenters. The minimum absolute atomic E-state index is 0. The second-order valence-electron chi connectivity index (χ2n) is 0.683. The normalized spacial score (nSPS) is 6.00. The topological polar surface area (TPSA) is 24.1 Å². The molecule has 4 heteroatoms. The first-order chi connectivity index (χ1) is 2.81. The third-order valence-electron chi connectivity index (χ3n) is 0.321. The minimum Gasteiger partial charge on any atom is -0.517 e. The molecule has 0 saturated heterocycles. The van der Waals surface area contributed by atoms with E-state index in [4.69, 9.17) is 0 Å². The summed E-state index contributed by atoms with van der Waals surface area (Å²) in [5, 5.41) is 5.30. The van der Waals surface area contributed by atoms with Crippen molar-refractivity contribution in [2.75, 3.05) is 0 Å². The molecule has 0 heterocycles. The maximum absolute atomic E-state index is 4.51. The molecule has 0 rings (SSSR count). The molecule has 0 bridgehead atoms. The molecule has 0 amide bonds. The number of nitrogens with one attached hydrogen (secondary N) is 2. The smallest absolute Gasteiger partial charge is 0.106 e. The zero-order chi connectivity index (χ0) is 4.99. The molecule has 0 aliphatic carbocycles. The van der Waals surface area contributed by atoms with Crippen molar-refractivity contribution in [3.63, 3.8) is 0 Å². The van der Waals surface area contributed by atoms with Gasteiger partial charge in [0.25, 0.3) is 0 Å². The molecule has 0 saturated carbocycles. The fourth-order valence-electron chi connectivity index (χ4n) is 0.0625. The zero-order valence-electron chi connectivity index (χ0n) is 3.90. The molecule has 0 aromatic carbocycles. The fourth-order valence-corrected chi connectivity index (χ4v) is 0.0625. The summed E-state index contributed by atoms with van der Waals surface area (Å²) < 4.78 is 0.